The summed E-state index contributed by atoms with van der Waals surface area (Å²) in [6, 6.07) is -1.23. The van der Waals surface area contributed by atoms with Crippen molar-refractivity contribution in [1.29, 1.82) is 0 Å². The van der Waals surface area contributed by atoms with E-state index in [9.17, 15) is 9.59 Å². The maximum atomic E-state index is 12.5. The van der Waals surface area contributed by atoms with E-state index in [0.29, 0.717) is 12.8 Å². The molecule has 2 aromatic heterocycles. The molecule has 0 amide bonds. The summed E-state index contributed by atoms with van der Waals surface area (Å²) in [6.45, 7) is 0. The molecule has 2 aromatic rings. The zero-order valence-electron chi connectivity index (χ0n) is 12.4. The molecule has 2 heterocycles. The molecule has 0 spiro atoms. The van der Waals surface area contributed by atoms with Gasteiger partial charge < -0.3 is 14.7 Å². The molecule has 0 radical (unpaired) electrons. The first-order valence-electron chi connectivity index (χ1n) is 6.80. The van der Waals surface area contributed by atoms with E-state index in [1.54, 1.807) is 15.0 Å². The molecule has 2 rings (SSSR count). The molecule has 0 aliphatic carbocycles. The van der Waals surface area contributed by atoms with E-state index >= 15 is 0 Å². The van der Waals surface area contributed by atoms with Crippen LogP contribution in [-0.2, 0) is 27.2 Å². The van der Waals surface area contributed by atoms with E-state index < -0.39 is 24.0 Å². The van der Waals surface area contributed by atoms with Crippen LogP contribution in [0.1, 0.15) is 11.4 Å². The summed E-state index contributed by atoms with van der Waals surface area (Å²) in [5, 5.41) is 0. The Kier molecular flexibility index (Phi) is 9.25. The van der Waals surface area contributed by atoms with Crippen molar-refractivity contribution in [2.45, 2.75) is 24.9 Å². The molecule has 0 unspecified atom stereocenters. The lowest BCUT2D eigenvalue weighted by Crippen LogP contribution is -2.40. The lowest BCUT2D eigenvalue weighted by Gasteiger charge is -2.21. The van der Waals surface area contributed by atoms with E-state index in [1.807, 2.05) is 91.5 Å². The highest BCUT2D eigenvalue weighted by Gasteiger charge is 2.32. The van der Waals surface area contributed by atoms with Crippen molar-refractivity contribution >= 4 is 103 Å². The van der Waals surface area contributed by atoms with Gasteiger partial charge in [0.2, 0.25) is 0 Å². The van der Waals surface area contributed by atoms with E-state index in [0.717, 1.165) is 11.4 Å². The van der Waals surface area contributed by atoms with E-state index in [4.69, 9.17) is 4.74 Å². The van der Waals surface area contributed by atoms with Crippen LogP contribution >= 0.6 is 91.5 Å². The van der Waals surface area contributed by atoms with Gasteiger partial charge in [0, 0.05) is 128 Å². The van der Waals surface area contributed by atoms with Crippen molar-refractivity contribution in [2.24, 2.45) is 0 Å². The van der Waals surface area contributed by atoms with Crippen LogP contribution in [0.4, 0.5) is 0 Å². The highest BCUT2D eigenvalue weighted by atomic mass is 127. The Morgan fingerprint density at radius 1 is 0.920 bits per heavy atom. The number of H-pyrrole nitrogens is 2. The smallest absolute Gasteiger partial charge is 0.333 e. The van der Waals surface area contributed by atoms with Gasteiger partial charge in [0.1, 0.15) is 12.1 Å². The van der Waals surface area contributed by atoms with Gasteiger partial charge in [-0.3, -0.25) is 0 Å². The molecule has 136 valence electrons. The Morgan fingerprint density at radius 2 is 1.32 bits per heavy atom. The van der Waals surface area contributed by atoms with Crippen molar-refractivity contribution in [3.63, 3.8) is 0 Å². The molecule has 0 aliphatic rings. The number of nitrogens with one attached hydrogen (secondary N) is 2. The van der Waals surface area contributed by atoms with Gasteiger partial charge >= 0.3 is 11.9 Å². The number of halogens is 4. The first-order chi connectivity index (χ1) is 11.9. The lowest BCUT2D eigenvalue weighted by molar-refractivity contribution is -0.163. The molecule has 0 saturated carbocycles. The van der Waals surface area contributed by atoms with Gasteiger partial charge in [-0.25, -0.2) is 19.6 Å². The van der Waals surface area contributed by atoms with Gasteiger partial charge in [0.25, 0.3) is 0 Å². The van der Waals surface area contributed by atoms with Crippen LogP contribution in [0, 0.1) is 0 Å². The predicted octanol–water partition coefficient (Wildman–Crippen LogP) is 2.73. The summed E-state index contributed by atoms with van der Waals surface area (Å²) in [5.74, 6) is -1.21. The van der Waals surface area contributed by atoms with E-state index in [-0.39, 0.29) is 0 Å². The van der Waals surface area contributed by atoms with Crippen LogP contribution in [0.15, 0.2) is 25.0 Å². The minimum absolute atomic E-state index is 0.362. The standard InChI is InChI=1S/C12H12I4N6O3/c13-21(14)9(1-7-3-17-5-19-7)11(23)25-12(24)10(22(15)16)2-8-4-18-6-20-8/h3-6,9-10H,1-2H2,(H,17,19)(H,18,20)/t9-,10-/m0/s1. The van der Waals surface area contributed by atoms with Gasteiger partial charge in [-0.15, -0.1) is 0 Å². The van der Waals surface area contributed by atoms with Crippen LogP contribution in [0.2, 0.25) is 0 Å². The quantitative estimate of drug-likeness (QED) is 0.183. The molecule has 0 bridgehead atoms. The molecule has 13 heteroatoms. The fourth-order valence-electron chi connectivity index (χ4n) is 1.91. The molecule has 25 heavy (non-hydrogen) atoms. The first-order valence-corrected chi connectivity index (χ1v) is 10.7. The number of carbonyl (C=O) groups is 2. The molecule has 9 nitrogen and oxygen atoms in total. The van der Waals surface area contributed by atoms with Crippen LogP contribution in [0.5, 0.6) is 0 Å². The number of imidazole rings is 2. The second-order valence-corrected chi connectivity index (χ2v) is 12.7. The van der Waals surface area contributed by atoms with Gasteiger partial charge in [-0.05, 0) is 0 Å². The number of hydrogen-bond acceptors (Lipinski definition) is 7. The number of esters is 2. The summed E-state index contributed by atoms with van der Waals surface area (Å²) < 4.78 is 8.45. The third kappa shape index (κ3) is 6.81. The Balaban J connectivity index is 2.03. The van der Waals surface area contributed by atoms with Crippen molar-refractivity contribution in [3.05, 3.63) is 36.4 Å². The maximum absolute atomic E-state index is 12.5. The SMILES string of the molecule is O=C(OC(=O)[C@H](Cc1cnc[nH]1)N(I)I)[C@H](Cc1cnc[nH]1)N(I)I. The fourth-order valence-corrected chi connectivity index (χ4v) is 3.61. The second kappa shape index (κ2) is 10.7. The first kappa shape index (κ1) is 21.7. The molecule has 0 aromatic carbocycles. The Labute approximate surface area is 199 Å². The third-order valence-corrected chi connectivity index (χ3v) is 5.84. The zero-order chi connectivity index (χ0) is 18.4. The van der Waals surface area contributed by atoms with Crippen LogP contribution in [0.25, 0.3) is 0 Å². The fraction of sp³-hybridized carbons (Fsp3) is 0.333. The molecule has 0 aliphatic heterocycles. The molecule has 2 N–H and O–H groups in total. The molecular weight excluding hydrogens is 784 g/mol. The number of ether oxygens (including phenoxy) is 1. The van der Waals surface area contributed by atoms with Crippen LogP contribution < -0.4 is 0 Å². The number of hydrogen-bond donors (Lipinski definition) is 2. The summed E-state index contributed by atoms with van der Waals surface area (Å²) in [4.78, 5) is 38.7. The van der Waals surface area contributed by atoms with Gasteiger partial charge in [0.05, 0.1) is 12.7 Å². The van der Waals surface area contributed by atoms with E-state index in [2.05, 4.69) is 19.9 Å². The highest BCUT2D eigenvalue weighted by Crippen LogP contribution is 2.21. The van der Waals surface area contributed by atoms with Gasteiger partial charge in [0.15, 0.2) is 0 Å². The maximum Gasteiger partial charge on any atom is 0.333 e. The minimum atomic E-state index is -0.615. The third-order valence-electron chi connectivity index (χ3n) is 3.15. The topological polar surface area (TPSA) is 107 Å². The number of aromatic nitrogens is 4. The number of aromatic amines is 2. The molecule has 0 fully saturated rings. The Hall–Kier alpha value is 0.400. The number of rotatable bonds is 8. The normalized spacial score (nSPS) is 13.8. The summed E-state index contributed by atoms with van der Waals surface area (Å²) >= 11 is 7.95. The van der Waals surface area contributed by atoms with Gasteiger partial charge in [-0.2, -0.15) is 2.65 Å². The molecular formula is C12H12I4N6O3. The lowest BCUT2D eigenvalue weighted by atomic mass is 10.1. The van der Waals surface area contributed by atoms with E-state index in [1.165, 1.54) is 12.7 Å². The summed E-state index contributed by atoms with van der Waals surface area (Å²) in [5.41, 5.74) is 1.57. The minimum Gasteiger partial charge on any atom is -0.391 e. The largest absolute Gasteiger partial charge is 0.391 e. The Bertz CT molecular complexity index is 621. The highest BCUT2D eigenvalue weighted by molar-refractivity contribution is 14.2. The molecule has 2 atom stereocenters. The summed E-state index contributed by atoms with van der Waals surface area (Å²) in [7, 11) is 0. The average molecular weight is 796 g/mol. The number of carbonyl (C=O) groups excluding carboxylic acids is 2. The van der Waals surface area contributed by atoms with Crippen LogP contribution in [-0.4, -0.2) is 46.6 Å². The second-order valence-electron chi connectivity index (χ2n) is 4.85. The Morgan fingerprint density at radius 3 is 1.60 bits per heavy atom. The molecule has 0 saturated heterocycles. The zero-order valence-corrected chi connectivity index (χ0v) is 21.0. The summed E-state index contributed by atoms with van der Waals surface area (Å²) in [6.07, 6.45) is 7.08. The van der Waals surface area contributed by atoms with Crippen molar-refractivity contribution in [3.8, 4) is 0 Å². The van der Waals surface area contributed by atoms with Crippen molar-refractivity contribution < 1.29 is 14.3 Å². The van der Waals surface area contributed by atoms with Crippen molar-refractivity contribution in [2.75, 3.05) is 0 Å². The predicted molar refractivity (Wildman–Crippen MR) is 123 cm³/mol. The van der Waals surface area contributed by atoms with Crippen LogP contribution in [0.3, 0.4) is 0 Å². The van der Waals surface area contributed by atoms with Gasteiger partial charge in [-0.1, -0.05) is 0 Å². The monoisotopic (exact) mass is 796 g/mol. The average Bonchev–Trinajstić information content (AvgIpc) is 3.22. The number of nitrogens with zero attached hydrogens (tertiary/aromatic N) is 4. The van der Waals surface area contributed by atoms with Crippen molar-refractivity contribution in [1.82, 2.24) is 22.6 Å².